The monoisotopic (exact) mass is 374 g/mol. The zero-order chi connectivity index (χ0) is 18.7. The van der Waals surface area contributed by atoms with Gasteiger partial charge in [-0.1, -0.05) is 35.4 Å². The Kier molecular flexibility index (Phi) is 5.94. The van der Waals surface area contributed by atoms with E-state index in [-0.39, 0.29) is 17.6 Å². The molecule has 5 heteroatoms. The molecule has 138 valence electrons. The topological polar surface area (TPSA) is 32.3 Å². The van der Waals surface area contributed by atoms with Crippen molar-refractivity contribution in [2.24, 2.45) is 5.92 Å². The van der Waals surface area contributed by atoms with Crippen LogP contribution in [-0.4, -0.2) is 23.9 Å². The van der Waals surface area contributed by atoms with E-state index in [1.807, 2.05) is 26.0 Å². The molecule has 0 unspecified atom stereocenters. The number of benzene rings is 2. The average Bonchev–Trinajstić information content (AvgIpc) is 2.61. The Morgan fingerprint density at radius 1 is 1.23 bits per heavy atom. The SMILES string of the molecule is Cc1ccc(NC(=O)C2CCN(Cc3c(F)cccc3Cl)CC2)c(C)c1. The molecule has 1 fully saturated rings. The van der Waals surface area contributed by atoms with Gasteiger partial charge in [-0.05, 0) is 63.5 Å². The van der Waals surface area contributed by atoms with Crippen LogP contribution in [-0.2, 0) is 11.3 Å². The van der Waals surface area contributed by atoms with Crippen LogP contribution in [0.1, 0.15) is 29.5 Å². The van der Waals surface area contributed by atoms with E-state index in [1.54, 1.807) is 12.1 Å². The molecule has 0 aliphatic carbocycles. The first-order valence-electron chi connectivity index (χ1n) is 8.97. The van der Waals surface area contributed by atoms with Crippen LogP contribution in [0.25, 0.3) is 0 Å². The molecule has 2 aromatic rings. The summed E-state index contributed by atoms with van der Waals surface area (Å²) in [7, 11) is 0. The summed E-state index contributed by atoms with van der Waals surface area (Å²) in [6, 6.07) is 10.8. The fraction of sp³-hybridized carbons (Fsp3) is 0.381. The Labute approximate surface area is 159 Å². The van der Waals surface area contributed by atoms with E-state index in [2.05, 4.69) is 16.3 Å². The molecule has 1 N–H and O–H groups in total. The van der Waals surface area contributed by atoms with Crippen molar-refractivity contribution < 1.29 is 9.18 Å². The van der Waals surface area contributed by atoms with Gasteiger partial charge in [0.25, 0.3) is 0 Å². The van der Waals surface area contributed by atoms with E-state index >= 15 is 0 Å². The lowest BCUT2D eigenvalue weighted by molar-refractivity contribution is -0.121. The van der Waals surface area contributed by atoms with Gasteiger partial charge >= 0.3 is 0 Å². The quantitative estimate of drug-likeness (QED) is 0.821. The first-order chi connectivity index (χ1) is 12.4. The summed E-state index contributed by atoms with van der Waals surface area (Å²) in [4.78, 5) is 14.7. The highest BCUT2D eigenvalue weighted by atomic mass is 35.5. The van der Waals surface area contributed by atoms with Gasteiger partial charge in [-0.3, -0.25) is 9.69 Å². The van der Waals surface area contributed by atoms with Crippen molar-refractivity contribution in [2.75, 3.05) is 18.4 Å². The highest BCUT2D eigenvalue weighted by Crippen LogP contribution is 2.25. The average molecular weight is 375 g/mol. The number of carbonyl (C=O) groups is 1. The third kappa shape index (κ3) is 4.43. The second kappa shape index (κ2) is 8.19. The maximum Gasteiger partial charge on any atom is 0.227 e. The Hall–Kier alpha value is -1.91. The van der Waals surface area contributed by atoms with E-state index in [9.17, 15) is 9.18 Å². The van der Waals surface area contributed by atoms with Crippen molar-refractivity contribution in [3.63, 3.8) is 0 Å². The van der Waals surface area contributed by atoms with Crippen molar-refractivity contribution in [3.05, 3.63) is 63.9 Å². The first kappa shape index (κ1) is 18.9. The fourth-order valence-corrected chi connectivity index (χ4v) is 3.67. The Morgan fingerprint density at radius 2 is 1.96 bits per heavy atom. The van der Waals surface area contributed by atoms with Gasteiger partial charge in [-0.15, -0.1) is 0 Å². The number of likely N-dealkylation sites (tertiary alicyclic amines) is 1. The highest BCUT2D eigenvalue weighted by Gasteiger charge is 2.26. The van der Waals surface area contributed by atoms with Gasteiger partial charge in [-0.25, -0.2) is 4.39 Å². The summed E-state index contributed by atoms with van der Waals surface area (Å²) in [5, 5.41) is 3.51. The predicted octanol–water partition coefficient (Wildman–Crippen LogP) is 4.95. The number of hydrogen-bond donors (Lipinski definition) is 1. The number of hydrogen-bond acceptors (Lipinski definition) is 2. The second-order valence-electron chi connectivity index (χ2n) is 7.06. The molecule has 1 saturated heterocycles. The third-order valence-corrected chi connectivity index (χ3v) is 5.40. The number of rotatable bonds is 4. The summed E-state index contributed by atoms with van der Waals surface area (Å²) in [6.45, 7) is 6.04. The van der Waals surface area contributed by atoms with Gasteiger partial charge in [0.1, 0.15) is 5.82 Å². The number of amides is 1. The smallest absolute Gasteiger partial charge is 0.227 e. The van der Waals surface area contributed by atoms with Gasteiger partial charge in [0, 0.05) is 28.7 Å². The third-order valence-electron chi connectivity index (χ3n) is 5.04. The molecule has 0 saturated carbocycles. The molecular weight excluding hydrogens is 351 g/mol. The molecule has 1 heterocycles. The number of piperidine rings is 1. The molecule has 0 bridgehead atoms. The Bertz CT molecular complexity index is 780. The Morgan fingerprint density at radius 3 is 2.62 bits per heavy atom. The minimum atomic E-state index is -0.271. The minimum absolute atomic E-state index is 0.0111. The maximum absolute atomic E-state index is 13.9. The van der Waals surface area contributed by atoms with Crippen LogP contribution in [0.4, 0.5) is 10.1 Å². The lowest BCUT2D eigenvalue weighted by atomic mass is 9.95. The molecule has 2 aromatic carbocycles. The number of carbonyl (C=O) groups excluding carboxylic acids is 1. The van der Waals surface area contributed by atoms with Gasteiger partial charge in [-0.2, -0.15) is 0 Å². The molecule has 1 aliphatic heterocycles. The van der Waals surface area contributed by atoms with Crippen LogP contribution in [0.3, 0.4) is 0 Å². The first-order valence-corrected chi connectivity index (χ1v) is 9.35. The number of aryl methyl sites for hydroxylation is 2. The van der Waals surface area contributed by atoms with E-state index in [0.29, 0.717) is 17.1 Å². The minimum Gasteiger partial charge on any atom is -0.326 e. The van der Waals surface area contributed by atoms with Crippen molar-refractivity contribution in [1.29, 1.82) is 0 Å². The van der Waals surface area contributed by atoms with E-state index in [0.717, 1.165) is 37.2 Å². The Balaban J connectivity index is 1.55. The zero-order valence-electron chi connectivity index (χ0n) is 15.2. The van der Waals surface area contributed by atoms with Crippen LogP contribution in [0.5, 0.6) is 0 Å². The van der Waals surface area contributed by atoms with Gasteiger partial charge < -0.3 is 5.32 Å². The molecule has 0 aromatic heterocycles. The van der Waals surface area contributed by atoms with Crippen LogP contribution >= 0.6 is 11.6 Å². The van der Waals surface area contributed by atoms with Crippen LogP contribution in [0, 0.1) is 25.6 Å². The number of nitrogens with one attached hydrogen (secondary N) is 1. The van der Waals surface area contributed by atoms with E-state index in [1.165, 1.54) is 11.6 Å². The molecule has 26 heavy (non-hydrogen) atoms. The molecule has 0 radical (unpaired) electrons. The molecule has 0 spiro atoms. The molecule has 1 aliphatic rings. The van der Waals surface area contributed by atoms with Crippen molar-refractivity contribution >= 4 is 23.2 Å². The van der Waals surface area contributed by atoms with Crippen LogP contribution in [0.2, 0.25) is 5.02 Å². The molecule has 3 nitrogen and oxygen atoms in total. The van der Waals surface area contributed by atoms with Gasteiger partial charge in [0.2, 0.25) is 5.91 Å². The largest absolute Gasteiger partial charge is 0.326 e. The van der Waals surface area contributed by atoms with Crippen molar-refractivity contribution in [3.8, 4) is 0 Å². The molecule has 3 rings (SSSR count). The summed E-state index contributed by atoms with van der Waals surface area (Å²) in [6.07, 6.45) is 1.53. The second-order valence-corrected chi connectivity index (χ2v) is 7.47. The van der Waals surface area contributed by atoms with E-state index < -0.39 is 0 Å². The fourth-order valence-electron chi connectivity index (χ4n) is 3.45. The summed E-state index contributed by atoms with van der Waals surface area (Å²) in [5.41, 5.74) is 3.67. The van der Waals surface area contributed by atoms with Crippen LogP contribution < -0.4 is 5.32 Å². The molecular formula is C21H24ClFN2O. The maximum atomic E-state index is 13.9. The lowest BCUT2D eigenvalue weighted by Gasteiger charge is -2.31. The number of anilines is 1. The highest BCUT2D eigenvalue weighted by molar-refractivity contribution is 6.31. The normalized spacial score (nSPS) is 15.8. The van der Waals surface area contributed by atoms with Crippen molar-refractivity contribution in [1.82, 2.24) is 4.90 Å². The van der Waals surface area contributed by atoms with Crippen LogP contribution in [0.15, 0.2) is 36.4 Å². The van der Waals surface area contributed by atoms with E-state index in [4.69, 9.17) is 11.6 Å². The van der Waals surface area contributed by atoms with Gasteiger partial charge in [0.15, 0.2) is 0 Å². The summed E-state index contributed by atoms with van der Waals surface area (Å²) >= 11 is 6.11. The molecule has 0 atom stereocenters. The van der Waals surface area contributed by atoms with Crippen molar-refractivity contribution in [2.45, 2.75) is 33.2 Å². The predicted molar refractivity (Wildman–Crippen MR) is 104 cm³/mol. The zero-order valence-corrected chi connectivity index (χ0v) is 15.9. The summed E-state index contributed by atoms with van der Waals surface area (Å²) < 4.78 is 13.9. The summed E-state index contributed by atoms with van der Waals surface area (Å²) in [5.74, 6) is -0.212. The number of halogens is 2. The molecule has 1 amide bonds. The standard InChI is InChI=1S/C21H24ClFN2O/c1-14-6-7-20(15(2)12-14)24-21(26)16-8-10-25(11-9-16)13-17-18(22)4-3-5-19(17)23/h3-7,12,16H,8-11,13H2,1-2H3,(H,24,26). The lowest BCUT2D eigenvalue weighted by Crippen LogP contribution is -2.38. The van der Waals surface area contributed by atoms with Gasteiger partial charge in [0.05, 0.1) is 0 Å². The number of nitrogens with zero attached hydrogens (tertiary/aromatic N) is 1.